The highest BCUT2D eigenvalue weighted by Crippen LogP contribution is 2.22. The zero-order valence-corrected chi connectivity index (χ0v) is 14.8. The Hall–Kier alpha value is -1.92. The minimum absolute atomic E-state index is 0.0622. The SMILES string of the molecule is CCS(=O)(=O)c1ccc2oc(/C=C/c3ccc(Br)cc3)nc2c1. The second kappa shape index (κ2) is 6.29. The molecule has 0 aliphatic heterocycles. The Labute approximate surface area is 142 Å². The third-order valence-corrected chi connectivity index (χ3v) is 5.66. The fourth-order valence-corrected chi connectivity index (χ4v) is 3.26. The van der Waals surface area contributed by atoms with E-state index in [4.69, 9.17) is 4.42 Å². The number of halogens is 1. The lowest BCUT2D eigenvalue weighted by Gasteiger charge is -1.99. The molecule has 3 aromatic rings. The number of benzene rings is 2. The first kappa shape index (κ1) is 16.0. The van der Waals surface area contributed by atoms with Gasteiger partial charge in [-0.1, -0.05) is 35.0 Å². The Morgan fingerprint density at radius 1 is 1.13 bits per heavy atom. The number of sulfone groups is 1. The van der Waals surface area contributed by atoms with Crippen molar-refractivity contribution in [2.75, 3.05) is 5.75 Å². The molecule has 4 nitrogen and oxygen atoms in total. The van der Waals surface area contributed by atoms with Crippen molar-refractivity contribution < 1.29 is 12.8 Å². The molecule has 0 saturated carbocycles. The van der Waals surface area contributed by atoms with E-state index in [0.717, 1.165) is 10.0 Å². The van der Waals surface area contributed by atoms with Crippen molar-refractivity contribution >= 4 is 49.0 Å². The summed E-state index contributed by atoms with van der Waals surface area (Å²) in [6.45, 7) is 1.62. The van der Waals surface area contributed by atoms with Gasteiger partial charge in [-0.25, -0.2) is 13.4 Å². The first-order chi connectivity index (χ1) is 11.0. The Morgan fingerprint density at radius 3 is 2.57 bits per heavy atom. The smallest absolute Gasteiger partial charge is 0.220 e. The van der Waals surface area contributed by atoms with Crippen molar-refractivity contribution in [3.63, 3.8) is 0 Å². The lowest BCUT2D eigenvalue weighted by Crippen LogP contribution is -2.03. The maximum Gasteiger partial charge on any atom is 0.220 e. The van der Waals surface area contributed by atoms with E-state index in [-0.39, 0.29) is 10.6 Å². The molecule has 0 radical (unpaired) electrons. The minimum atomic E-state index is -3.24. The van der Waals surface area contributed by atoms with Crippen LogP contribution in [0.25, 0.3) is 23.3 Å². The van der Waals surface area contributed by atoms with Gasteiger partial charge >= 0.3 is 0 Å². The van der Waals surface area contributed by atoms with Crippen LogP contribution in [-0.4, -0.2) is 19.2 Å². The van der Waals surface area contributed by atoms with Crippen molar-refractivity contribution in [2.24, 2.45) is 0 Å². The van der Waals surface area contributed by atoms with E-state index in [1.54, 1.807) is 31.2 Å². The highest BCUT2D eigenvalue weighted by molar-refractivity contribution is 9.10. The van der Waals surface area contributed by atoms with Crippen molar-refractivity contribution in [1.29, 1.82) is 0 Å². The molecule has 6 heteroatoms. The summed E-state index contributed by atoms with van der Waals surface area (Å²) >= 11 is 3.39. The normalized spacial score (nSPS) is 12.3. The largest absolute Gasteiger partial charge is 0.437 e. The van der Waals surface area contributed by atoms with Gasteiger partial charge in [-0.05, 0) is 42.0 Å². The number of fused-ring (bicyclic) bond motifs is 1. The van der Waals surface area contributed by atoms with Crippen LogP contribution in [0.4, 0.5) is 0 Å². The minimum Gasteiger partial charge on any atom is -0.437 e. The van der Waals surface area contributed by atoms with Gasteiger partial charge < -0.3 is 4.42 Å². The molecule has 0 amide bonds. The van der Waals surface area contributed by atoms with E-state index in [9.17, 15) is 8.42 Å². The standard InChI is InChI=1S/C17H14BrNO3S/c1-2-23(20,21)14-8-9-16-15(11-14)19-17(22-16)10-5-12-3-6-13(18)7-4-12/h3-11H,2H2,1H3/b10-5+. The van der Waals surface area contributed by atoms with Gasteiger partial charge in [0, 0.05) is 10.5 Å². The Kier molecular flexibility index (Phi) is 4.37. The summed E-state index contributed by atoms with van der Waals surface area (Å²) < 4.78 is 30.5. The molecule has 0 aliphatic carbocycles. The monoisotopic (exact) mass is 391 g/mol. The van der Waals surface area contributed by atoms with Gasteiger partial charge in [0.05, 0.1) is 10.6 Å². The Bertz CT molecular complexity index is 973. The van der Waals surface area contributed by atoms with Crippen LogP contribution in [0, 0.1) is 0 Å². The summed E-state index contributed by atoms with van der Waals surface area (Å²) in [6, 6.07) is 12.6. The van der Waals surface area contributed by atoms with E-state index in [1.165, 1.54) is 0 Å². The van der Waals surface area contributed by atoms with Gasteiger partial charge in [0.2, 0.25) is 5.89 Å². The van der Waals surface area contributed by atoms with Crippen molar-refractivity contribution in [2.45, 2.75) is 11.8 Å². The second-order valence-corrected chi connectivity index (χ2v) is 8.16. The number of hydrogen-bond acceptors (Lipinski definition) is 4. The van der Waals surface area contributed by atoms with E-state index in [2.05, 4.69) is 20.9 Å². The average molecular weight is 392 g/mol. The molecule has 118 valence electrons. The van der Waals surface area contributed by atoms with Crippen molar-refractivity contribution in [1.82, 2.24) is 4.98 Å². The summed E-state index contributed by atoms with van der Waals surface area (Å²) in [7, 11) is -3.24. The summed E-state index contributed by atoms with van der Waals surface area (Å²) in [5.74, 6) is 0.501. The van der Waals surface area contributed by atoms with Gasteiger partial charge in [0.15, 0.2) is 15.4 Å². The second-order valence-electron chi connectivity index (χ2n) is 4.97. The molecule has 2 aromatic carbocycles. The molecule has 23 heavy (non-hydrogen) atoms. The molecule has 0 saturated heterocycles. The van der Waals surface area contributed by atoms with Crippen LogP contribution in [0.1, 0.15) is 18.4 Å². The first-order valence-electron chi connectivity index (χ1n) is 7.05. The molecule has 1 aromatic heterocycles. The zero-order chi connectivity index (χ0) is 16.4. The van der Waals surface area contributed by atoms with Crippen LogP contribution in [0.3, 0.4) is 0 Å². The fourth-order valence-electron chi connectivity index (χ4n) is 2.10. The summed E-state index contributed by atoms with van der Waals surface area (Å²) in [4.78, 5) is 4.59. The lowest BCUT2D eigenvalue weighted by atomic mass is 10.2. The zero-order valence-electron chi connectivity index (χ0n) is 12.4. The number of nitrogens with zero attached hydrogens (tertiary/aromatic N) is 1. The van der Waals surface area contributed by atoms with Gasteiger partial charge in [0.1, 0.15) is 5.52 Å². The predicted octanol–water partition coefficient (Wildman–Crippen LogP) is 4.55. The maximum atomic E-state index is 11.9. The number of oxazole rings is 1. The maximum absolute atomic E-state index is 11.9. The van der Waals surface area contributed by atoms with Crippen LogP contribution in [0.2, 0.25) is 0 Å². The molecule has 0 spiro atoms. The quantitative estimate of drug-likeness (QED) is 0.654. The van der Waals surface area contributed by atoms with Crippen LogP contribution < -0.4 is 0 Å². The van der Waals surface area contributed by atoms with E-state index in [1.807, 2.05) is 30.3 Å². The number of aromatic nitrogens is 1. The topological polar surface area (TPSA) is 60.2 Å². The summed E-state index contributed by atoms with van der Waals surface area (Å²) in [5.41, 5.74) is 2.12. The highest BCUT2D eigenvalue weighted by Gasteiger charge is 2.13. The predicted molar refractivity (Wildman–Crippen MR) is 94.8 cm³/mol. The van der Waals surface area contributed by atoms with Crippen molar-refractivity contribution in [3.8, 4) is 0 Å². The van der Waals surface area contributed by atoms with Gasteiger partial charge in [-0.2, -0.15) is 0 Å². The van der Waals surface area contributed by atoms with E-state index < -0.39 is 9.84 Å². The van der Waals surface area contributed by atoms with Gasteiger partial charge in [-0.15, -0.1) is 0 Å². The van der Waals surface area contributed by atoms with Gasteiger partial charge in [0.25, 0.3) is 0 Å². The average Bonchev–Trinajstić information content (AvgIpc) is 2.96. The van der Waals surface area contributed by atoms with E-state index >= 15 is 0 Å². The van der Waals surface area contributed by atoms with Crippen LogP contribution in [-0.2, 0) is 9.84 Å². The molecule has 0 aliphatic rings. The first-order valence-corrected chi connectivity index (χ1v) is 9.49. The van der Waals surface area contributed by atoms with Crippen LogP contribution in [0.5, 0.6) is 0 Å². The molecule has 3 rings (SSSR count). The molecule has 0 unspecified atom stereocenters. The third-order valence-electron chi connectivity index (χ3n) is 3.40. The summed E-state index contributed by atoms with van der Waals surface area (Å²) in [6.07, 6.45) is 3.65. The molecule has 0 fully saturated rings. The van der Waals surface area contributed by atoms with E-state index in [0.29, 0.717) is 17.0 Å². The van der Waals surface area contributed by atoms with Crippen molar-refractivity contribution in [3.05, 3.63) is 58.4 Å². The van der Waals surface area contributed by atoms with Gasteiger partial charge in [-0.3, -0.25) is 0 Å². The third kappa shape index (κ3) is 3.54. The molecule has 1 heterocycles. The highest BCUT2D eigenvalue weighted by atomic mass is 79.9. The summed E-state index contributed by atoms with van der Waals surface area (Å²) in [5, 5.41) is 0. The molecule has 0 atom stereocenters. The molecular formula is C17H14BrNO3S. The number of hydrogen-bond donors (Lipinski definition) is 0. The van der Waals surface area contributed by atoms with Crippen LogP contribution >= 0.6 is 15.9 Å². The molecule has 0 bridgehead atoms. The molecule has 0 N–H and O–H groups in total. The Balaban J connectivity index is 1.92. The molecular weight excluding hydrogens is 378 g/mol. The fraction of sp³-hybridized carbons (Fsp3) is 0.118. The lowest BCUT2D eigenvalue weighted by molar-refractivity contribution is 0.589. The Morgan fingerprint density at radius 2 is 1.87 bits per heavy atom. The number of rotatable bonds is 4. The van der Waals surface area contributed by atoms with Crippen LogP contribution in [0.15, 0.2) is 56.2 Å².